The van der Waals surface area contributed by atoms with Gasteiger partial charge in [-0.25, -0.2) is 4.63 Å². The van der Waals surface area contributed by atoms with Gasteiger partial charge in [-0.3, -0.25) is 0 Å². The number of aromatic nitrogens is 2. The first kappa shape index (κ1) is 4.11. The van der Waals surface area contributed by atoms with Gasteiger partial charge in [0.1, 0.15) is 6.20 Å². The van der Waals surface area contributed by atoms with Crippen LogP contribution in [0, 0.1) is 7.05 Å². The molecule has 1 radical (unpaired) electrons. The van der Waals surface area contributed by atoms with Gasteiger partial charge < -0.3 is 5.32 Å². The van der Waals surface area contributed by atoms with Gasteiger partial charge in [-0.05, 0) is 5.16 Å². The van der Waals surface area contributed by atoms with Crippen LogP contribution in [0.4, 0.5) is 5.82 Å². The first-order valence-corrected chi connectivity index (χ1v) is 1.74. The fourth-order valence-corrected chi connectivity index (χ4v) is 0.243. The van der Waals surface area contributed by atoms with Gasteiger partial charge in [-0.15, -0.1) is 0 Å². The van der Waals surface area contributed by atoms with Crippen molar-refractivity contribution in [1.82, 2.24) is 10.3 Å². The van der Waals surface area contributed by atoms with E-state index >= 15 is 0 Å². The Labute approximate surface area is 40.5 Å². The van der Waals surface area contributed by atoms with Gasteiger partial charge in [-0.1, -0.05) is 5.16 Å². The second-order valence-electron chi connectivity index (χ2n) is 0.969. The SMILES string of the molecule is [CH2]Nc1cnon1. The lowest BCUT2D eigenvalue weighted by atomic mass is 10.8. The fraction of sp³-hybridized carbons (Fsp3) is 0. The third-order valence-electron chi connectivity index (χ3n) is 0.542. The van der Waals surface area contributed by atoms with Crippen molar-refractivity contribution in [2.24, 2.45) is 0 Å². The third-order valence-corrected chi connectivity index (χ3v) is 0.542. The fourth-order valence-electron chi connectivity index (χ4n) is 0.243. The lowest BCUT2D eigenvalue weighted by molar-refractivity contribution is 0.308. The first-order valence-electron chi connectivity index (χ1n) is 1.74. The van der Waals surface area contributed by atoms with Gasteiger partial charge in [0.2, 0.25) is 0 Å². The molecule has 0 aliphatic rings. The molecule has 0 aliphatic carbocycles. The predicted octanol–water partition coefficient (Wildman–Crippen LogP) is 0.273. The zero-order valence-electron chi connectivity index (χ0n) is 3.59. The van der Waals surface area contributed by atoms with E-state index in [4.69, 9.17) is 0 Å². The van der Waals surface area contributed by atoms with Crippen LogP contribution in [0.1, 0.15) is 0 Å². The molecule has 37 valence electrons. The smallest absolute Gasteiger partial charge is 0.190 e. The zero-order valence-corrected chi connectivity index (χ0v) is 3.59. The van der Waals surface area contributed by atoms with Crippen molar-refractivity contribution in [1.29, 1.82) is 0 Å². The Bertz CT molecular complexity index is 125. The van der Waals surface area contributed by atoms with E-state index in [-0.39, 0.29) is 0 Å². The molecule has 1 rings (SSSR count). The van der Waals surface area contributed by atoms with E-state index in [9.17, 15) is 0 Å². The van der Waals surface area contributed by atoms with Crippen molar-refractivity contribution in [3.05, 3.63) is 13.2 Å². The zero-order chi connectivity index (χ0) is 5.11. The summed E-state index contributed by atoms with van der Waals surface area (Å²) >= 11 is 0. The summed E-state index contributed by atoms with van der Waals surface area (Å²) in [4.78, 5) is 0. The Morgan fingerprint density at radius 3 is 3.00 bits per heavy atom. The van der Waals surface area contributed by atoms with Gasteiger partial charge in [0.05, 0.1) is 0 Å². The molecule has 0 spiro atoms. The largest absolute Gasteiger partial charge is 0.364 e. The molecule has 1 aromatic rings. The molecule has 4 nitrogen and oxygen atoms in total. The summed E-state index contributed by atoms with van der Waals surface area (Å²) in [7, 11) is 3.32. The predicted molar refractivity (Wildman–Crippen MR) is 23.3 cm³/mol. The Kier molecular flexibility index (Phi) is 0.934. The second kappa shape index (κ2) is 1.59. The molecule has 0 bridgehead atoms. The maximum atomic E-state index is 4.20. The van der Waals surface area contributed by atoms with Crippen molar-refractivity contribution in [3.8, 4) is 0 Å². The quantitative estimate of drug-likeness (QED) is 0.547. The minimum absolute atomic E-state index is 0.542. The standard InChI is InChI=1S/C3H4N3O/c1-4-3-2-5-7-6-3/h2H,1H2,(H,4,6). The Morgan fingerprint density at radius 2 is 2.71 bits per heavy atom. The van der Waals surface area contributed by atoms with E-state index in [0.717, 1.165) is 0 Å². The maximum Gasteiger partial charge on any atom is 0.190 e. The Balaban J connectivity index is 2.76. The summed E-state index contributed by atoms with van der Waals surface area (Å²) in [6.07, 6.45) is 1.44. The Morgan fingerprint density at radius 1 is 1.86 bits per heavy atom. The summed E-state index contributed by atoms with van der Waals surface area (Å²) in [5.41, 5.74) is 0. The van der Waals surface area contributed by atoms with Crippen molar-refractivity contribution in [2.45, 2.75) is 0 Å². The Hall–Kier alpha value is -1.06. The third kappa shape index (κ3) is 0.677. The van der Waals surface area contributed by atoms with Crippen LogP contribution in [0.2, 0.25) is 0 Å². The van der Waals surface area contributed by atoms with E-state index < -0.39 is 0 Å². The van der Waals surface area contributed by atoms with Gasteiger partial charge in [0, 0.05) is 7.05 Å². The van der Waals surface area contributed by atoms with Crippen LogP contribution < -0.4 is 5.32 Å². The lowest BCUT2D eigenvalue weighted by Gasteiger charge is -1.80. The van der Waals surface area contributed by atoms with Gasteiger partial charge in [-0.2, -0.15) is 0 Å². The molecule has 0 saturated heterocycles. The molecular weight excluding hydrogens is 94.1 g/mol. The second-order valence-corrected chi connectivity index (χ2v) is 0.969. The van der Waals surface area contributed by atoms with E-state index in [2.05, 4.69) is 27.3 Å². The highest BCUT2D eigenvalue weighted by Gasteiger charge is 1.86. The summed E-state index contributed by atoms with van der Waals surface area (Å²) in [5.74, 6) is 0.542. The highest BCUT2D eigenvalue weighted by molar-refractivity contribution is 5.27. The molecule has 0 saturated carbocycles. The van der Waals surface area contributed by atoms with E-state index in [1.54, 1.807) is 0 Å². The van der Waals surface area contributed by atoms with Gasteiger partial charge in [0.15, 0.2) is 5.82 Å². The molecule has 1 aromatic heterocycles. The van der Waals surface area contributed by atoms with Crippen LogP contribution in [0.15, 0.2) is 10.8 Å². The van der Waals surface area contributed by atoms with Crippen molar-refractivity contribution < 1.29 is 4.63 Å². The normalized spacial score (nSPS) is 8.71. The summed E-state index contributed by atoms with van der Waals surface area (Å²) in [6.45, 7) is 0. The molecule has 1 N–H and O–H groups in total. The number of hydrogen-bond acceptors (Lipinski definition) is 4. The highest BCUT2D eigenvalue weighted by Crippen LogP contribution is 1.93. The molecule has 0 amide bonds. The van der Waals surface area contributed by atoms with E-state index in [1.165, 1.54) is 6.20 Å². The van der Waals surface area contributed by atoms with Crippen molar-refractivity contribution >= 4 is 5.82 Å². The average Bonchev–Trinajstić information content (AvgIpc) is 2.14. The lowest BCUT2D eigenvalue weighted by Crippen LogP contribution is -1.80. The topological polar surface area (TPSA) is 51.0 Å². The van der Waals surface area contributed by atoms with Crippen LogP contribution >= 0.6 is 0 Å². The summed E-state index contributed by atoms with van der Waals surface area (Å²) < 4.78 is 4.20. The number of anilines is 1. The molecular formula is C3H4N3O. The molecule has 1 heterocycles. The van der Waals surface area contributed by atoms with Crippen LogP contribution in [-0.2, 0) is 0 Å². The van der Waals surface area contributed by atoms with Crippen LogP contribution in [0.5, 0.6) is 0 Å². The number of nitrogens with one attached hydrogen (secondary N) is 1. The van der Waals surface area contributed by atoms with Gasteiger partial charge in [0.25, 0.3) is 0 Å². The highest BCUT2D eigenvalue weighted by atomic mass is 16.6. The van der Waals surface area contributed by atoms with E-state index in [1.807, 2.05) is 0 Å². The van der Waals surface area contributed by atoms with Crippen LogP contribution in [0.25, 0.3) is 0 Å². The number of rotatable bonds is 1. The first-order chi connectivity index (χ1) is 3.43. The number of hydrogen-bond donors (Lipinski definition) is 1. The van der Waals surface area contributed by atoms with Crippen LogP contribution in [0.3, 0.4) is 0 Å². The van der Waals surface area contributed by atoms with Crippen LogP contribution in [-0.4, -0.2) is 10.3 Å². The molecule has 0 aliphatic heterocycles. The van der Waals surface area contributed by atoms with Crippen molar-refractivity contribution in [3.63, 3.8) is 0 Å². The summed E-state index contributed by atoms with van der Waals surface area (Å²) in [6, 6.07) is 0. The van der Waals surface area contributed by atoms with Gasteiger partial charge >= 0.3 is 0 Å². The molecule has 7 heavy (non-hydrogen) atoms. The maximum absolute atomic E-state index is 4.20. The molecule has 4 heteroatoms. The molecule has 0 aromatic carbocycles. The minimum atomic E-state index is 0.542. The minimum Gasteiger partial charge on any atom is -0.364 e. The van der Waals surface area contributed by atoms with E-state index in [0.29, 0.717) is 5.82 Å². The number of nitrogens with zero attached hydrogens (tertiary/aromatic N) is 2. The molecule has 0 atom stereocenters. The monoisotopic (exact) mass is 98.0 g/mol. The average molecular weight is 98.1 g/mol. The molecule has 0 unspecified atom stereocenters. The summed E-state index contributed by atoms with van der Waals surface area (Å²) in [5, 5.41) is 9.17. The van der Waals surface area contributed by atoms with Crippen molar-refractivity contribution in [2.75, 3.05) is 5.32 Å². The molecule has 0 fully saturated rings.